The maximum atomic E-state index is 13.2. The van der Waals surface area contributed by atoms with Crippen LogP contribution in [-0.2, 0) is 13.0 Å². The molecule has 1 aliphatic heterocycles. The van der Waals surface area contributed by atoms with E-state index in [9.17, 15) is 4.79 Å². The normalized spacial score (nSPS) is 14.1. The molecule has 1 N–H and O–H groups in total. The molecule has 2 aromatic carbocycles. The average Bonchev–Trinajstić information content (AvgIpc) is 3.47. The summed E-state index contributed by atoms with van der Waals surface area (Å²) in [4.78, 5) is 31.5. The van der Waals surface area contributed by atoms with Gasteiger partial charge >= 0.3 is 0 Å². The summed E-state index contributed by atoms with van der Waals surface area (Å²) in [5, 5.41) is 7.31. The van der Waals surface area contributed by atoms with Crippen molar-refractivity contribution in [1.82, 2.24) is 29.9 Å². The lowest BCUT2D eigenvalue weighted by Gasteiger charge is -2.32. The van der Waals surface area contributed by atoms with Crippen LogP contribution in [0.1, 0.15) is 32.7 Å². The number of likely N-dealkylation sites (N-methyl/N-ethyl adjacent to an activating group) is 1. The van der Waals surface area contributed by atoms with Gasteiger partial charge in [0, 0.05) is 86.2 Å². The third kappa shape index (κ3) is 7.02. The number of piperazine rings is 1. The molecule has 9 nitrogen and oxygen atoms in total. The van der Waals surface area contributed by atoms with Crippen molar-refractivity contribution in [2.75, 3.05) is 38.5 Å². The number of carbonyl (C=O) groups is 1. The minimum absolute atomic E-state index is 0.0912. The second kappa shape index (κ2) is 12.6. The molecule has 1 saturated heterocycles. The number of anilines is 2. The molecule has 0 saturated carbocycles. The van der Waals surface area contributed by atoms with Crippen LogP contribution in [0.3, 0.4) is 0 Å². The maximum absolute atomic E-state index is 13.2. The molecule has 4 heterocycles. The Kier molecular flexibility index (Phi) is 8.35. The Morgan fingerprint density at radius 2 is 1.67 bits per heavy atom. The number of rotatable bonds is 9. The van der Waals surface area contributed by atoms with E-state index in [1.165, 1.54) is 5.56 Å². The quantitative estimate of drug-likeness (QED) is 0.222. The number of Topliss-reactive ketones (excluding diaryl/α,β-unsaturated/α-hetero) is 1. The molecule has 1 aliphatic rings. The lowest BCUT2D eigenvalue weighted by atomic mass is 10.00. The predicted octanol–water partition coefficient (Wildman–Crippen LogP) is 5.73. The minimum atomic E-state index is 0.0912. The van der Waals surface area contributed by atoms with Gasteiger partial charge in [0.25, 0.3) is 0 Å². The third-order valence-electron chi connectivity index (χ3n) is 7.79. The highest BCUT2D eigenvalue weighted by atomic mass is 16.5. The van der Waals surface area contributed by atoms with E-state index in [-0.39, 0.29) is 5.78 Å². The summed E-state index contributed by atoms with van der Waals surface area (Å²) in [5.41, 5.74) is 7.97. The molecule has 0 unspecified atom stereocenters. The van der Waals surface area contributed by atoms with Gasteiger partial charge in [0.05, 0.1) is 11.4 Å². The van der Waals surface area contributed by atoms with E-state index in [1.54, 1.807) is 18.6 Å². The molecule has 43 heavy (non-hydrogen) atoms. The number of ketones is 1. The van der Waals surface area contributed by atoms with E-state index in [0.717, 1.165) is 77.6 Å². The van der Waals surface area contributed by atoms with Crippen molar-refractivity contribution in [3.05, 3.63) is 107 Å². The summed E-state index contributed by atoms with van der Waals surface area (Å²) in [6.07, 6.45) is 5.53. The fourth-order valence-electron chi connectivity index (χ4n) is 5.18. The van der Waals surface area contributed by atoms with Crippen LogP contribution in [0.15, 0.2) is 83.8 Å². The van der Waals surface area contributed by atoms with Crippen molar-refractivity contribution in [2.24, 2.45) is 0 Å². The molecule has 6 rings (SSSR count). The van der Waals surface area contributed by atoms with Crippen LogP contribution in [0.4, 0.5) is 11.6 Å². The summed E-state index contributed by atoms with van der Waals surface area (Å²) < 4.78 is 5.40. The number of hydrogen-bond donors (Lipinski definition) is 1. The molecule has 0 atom stereocenters. The average molecular weight is 574 g/mol. The second-order valence-electron chi connectivity index (χ2n) is 11.2. The molecular weight excluding hydrogens is 538 g/mol. The van der Waals surface area contributed by atoms with Crippen LogP contribution in [0.5, 0.6) is 0 Å². The first kappa shape index (κ1) is 28.4. The number of nitrogens with zero attached hydrogens (tertiary/aromatic N) is 6. The Balaban J connectivity index is 1.12. The summed E-state index contributed by atoms with van der Waals surface area (Å²) in [5.74, 6) is 1.21. The third-order valence-corrected chi connectivity index (χ3v) is 7.79. The van der Waals surface area contributed by atoms with Crippen LogP contribution in [0, 0.1) is 13.8 Å². The van der Waals surface area contributed by atoms with Gasteiger partial charge in [0.2, 0.25) is 5.95 Å². The Morgan fingerprint density at radius 1 is 0.907 bits per heavy atom. The second-order valence-corrected chi connectivity index (χ2v) is 11.2. The van der Waals surface area contributed by atoms with Crippen LogP contribution in [0.2, 0.25) is 0 Å². The van der Waals surface area contributed by atoms with Gasteiger partial charge in [0.1, 0.15) is 0 Å². The zero-order valence-corrected chi connectivity index (χ0v) is 24.7. The molecule has 1 fully saturated rings. The number of hydrogen-bond acceptors (Lipinski definition) is 9. The summed E-state index contributed by atoms with van der Waals surface area (Å²) >= 11 is 0. The smallest absolute Gasteiger partial charge is 0.227 e. The van der Waals surface area contributed by atoms with Gasteiger partial charge in [-0.15, -0.1) is 0 Å². The Bertz CT molecular complexity index is 1720. The highest BCUT2D eigenvalue weighted by Crippen LogP contribution is 2.26. The van der Waals surface area contributed by atoms with Crippen molar-refractivity contribution in [3.8, 4) is 22.6 Å². The molecule has 5 aromatic rings. The Hall–Kier alpha value is -4.73. The number of benzene rings is 2. The van der Waals surface area contributed by atoms with Crippen molar-refractivity contribution in [1.29, 1.82) is 0 Å². The lowest BCUT2D eigenvalue weighted by molar-refractivity contribution is 0.0993. The van der Waals surface area contributed by atoms with Crippen molar-refractivity contribution < 1.29 is 9.32 Å². The molecule has 9 heteroatoms. The molecule has 0 amide bonds. The monoisotopic (exact) mass is 573 g/mol. The number of nitrogens with one attached hydrogen (secondary N) is 1. The van der Waals surface area contributed by atoms with E-state index in [1.807, 2.05) is 62.4 Å². The topological polar surface area (TPSA) is 100 Å². The first-order valence-electron chi connectivity index (χ1n) is 14.5. The van der Waals surface area contributed by atoms with Crippen molar-refractivity contribution in [2.45, 2.75) is 26.8 Å². The summed E-state index contributed by atoms with van der Waals surface area (Å²) in [7, 11) is 2.16. The van der Waals surface area contributed by atoms with Crippen LogP contribution < -0.4 is 5.32 Å². The first-order chi connectivity index (χ1) is 20.9. The van der Waals surface area contributed by atoms with Crippen LogP contribution in [0.25, 0.3) is 22.6 Å². The minimum Gasteiger partial charge on any atom is -0.356 e. The Labute approximate surface area is 251 Å². The molecule has 218 valence electrons. The zero-order chi connectivity index (χ0) is 29.8. The van der Waals surface area contributed by atoms with E-state index >= 15 is 0 Å². The first-order valence-corrected chi connectivity index (χ1v) is 14.5. The highest BCUT2D eigenvalue weighted by Gasteiger charge is 2.15. The lowest BCUT2D eigenvalue weighted by Crippen LogP contribution is -2.43. The van der Waals surface area contributed by atoms with Crippen molar-refractivity contribution in [3.63, 3.8) is 0 Å². The van der Waals surface area contributed by atoms with E-state index in [4.69, 9.17) is 9.51 Å². The summed E-state index contributed by atoms with van der Waals surface area (Å²) in [6, 6.07) is 19.8. The van der Waals surface area contributed by atoms with Gasteiger partial charge in [-0.1, -0.05) is 41.6 Å². The number of carbonyl (C=O) groups excluding carboxylic acids is 1. The standard InChI is InChI=1S/C34H35N7O2/c1-23-4-5-26(18-32(42)27-8-6-25(7-9-27)22-41-14-12-40(3)13-15-41)17-31(23)38-34-36-11-10-30(37-34)28-19-29(21-35-20-28)33-16-24(2)39-43-33/h4-11,16-17,19-21H,12-15,18,22H2,1-3H3,(H,36,37,38). The number of aromatic nitrogens is 4. The van der Waals surface area contributed by atoms with E-state index < -0.39 is 0 Å². The van der Waals surface area contributed by atoms with Crippen LogP contribution >= 0.6 is 0 Å². The largest absolute Gasteiger partial charge is 0.356 e. The zero-order valence-electron chi connectivity index (χ0n) is 24.7. The molecular formula is C34H35N7O2. The maximum Gasteiger partial charge on any atom is 0.227 e. The number of pyridine rings is 1. The number of aryl methyl sites for hydroxylation is 2. The van der Waals surface area contributed by atoms with Gasteiger partial charge in [-0.2, -0.15) is 0 Å². The fraction of sp³-hybridized carbons (Fsp3) is 0.265. The molecule has 0 spiro atoms. The van der Waals surface area contributed by atoms with E-state index in [2.05, 4.69) is 49.4 Å². The fourth-order valence-corrected chi connectivity index (χ4v) is 5.18. The van der Waals surface area contributed by atoms with Gasteiger partial charge in [-0.25, -0.2) is 9.97 Å². The molecule has 0 bridgehead atoms. The van der Waals surface area contributed by atoms with Crippen LogP contribution in [-0.4, -0.2) is 68.9 Å². The molecule has 0 aliphatic carbocycles. The van der Waals surface area contributed by atoms with Gasteiger partial charge in [-0.3, -0.25) is 14.7 Å². The van der Waals surface area contributed by atoms with E-state index in [0.29, 0.717) is 18.1 Å². The molecule has 0 radical (unpaired) electrons. The summed E-state index contributed by atoms with van der Waals surface area (Å²) in [6.45, 7) is 9.15. The predicted molar refractivity (Wildman–Crippen MR) is 167 cm³/mol. The van der Waals surface area contributed by atoms with Gasteiger partial charge < -0.3 is 14.7 Å². The Morgan fingerprint density at radius 3 is 2.44 bits per heavy atom. The van der Waals surface area contributed by atoms with Gasteiger partial charge in [0.15, 0.2) is 11.5 Å². The highest BCUT2D eigenvalue weighted by molar-refractivity contribution is 5.97. The SMILES string of the molecule is Cc1cc(-c2cncc(-c3ccnc(Nc4cc(CC(=O)c5ccc(CN6CCN(C)CC6)cc5)ccc4C)n3)c2)on1. The van der Waals surface area contributed by atoms with Gasteiger partial charge in [-0.05, 0) is 55.8 Å². The molecule has 3 aromatic heterocycles. The van der Waals surface area contributed by atoms with Crippen molar-refractivity contribution >= 4 is 17.4 Å².